The summed E-state index contributed by atoms with van der Waals surface area (Å²) in [7, 11) is 0. The van der Waals surface area contributed by atoms with Gasteiger partial charge in [0.15, 0.2) is 5.11 Å². The monoisotopic (exact) mass is 444 g/mol. The van der Waals surface area contributed by atoms with E-state index in [2.05, 4.69) is 55.7 Å². The summed E-state index contributed by atoms with van der Waals surface area (Å²) in [4.78, 5) is 13.9. The highest BCUT2D eigenvalue weighted by molar-refractivity contribution is 7.80. The number of nitrogens with one attached hydrogen (secondary N) is 2. The maximum Gasteiger partial charge on any atom is 0.341 e. The van der Waals surface area contributed by atoms with Crippen LogP contribution >= 0.6 is 23.6 Å². The molecule has 0 saturated carbocycles. The van der Waals surface area contributed by atoms with Crippen LogP contribution in [0, 0.1) is 0 Å². The van der Waals surface area contributed by atoms with E-state index in [-0.39, 0.29) is 12.0 Å². The van der Waals surface area contributed by atoms with Gasteiger partial charge in [0.25, 0.3) is 0 Å². The molecule has 1 heterocycles. The van der Waals surface area contributed by atoms with Crippen molar-refractivity contribution in [3.63, 3.8) is 0 Å². The molecule has 0 saturated heterocycles. The Balaban J connectivity index is 1.76. The zero-order chi connectivity index (χ0) is 21.7. The van der Waals surface area contributed by atoms with Crippen molar-refractivity contribution in [2.75, 3.05) is 11.9 Å². The number of esters is 1. The molecule has 0 aliphatic heterocycles. The van der Waals surface area contributed by atoms with E-state index in [0.717, 1.165) is 36.2 Å². The van der Waals surface area contributed by atoms with Gasteiger partial charge >= 0.3 is 5.97 Å². The second-order valence-electron chi connectivity index (χ2n) is 8.02. The summed E-state index contributed by atoms with van der Waals surface area (Å²) in [6.45, 7) is 8.75. The van der Waals surface area contributed by atoms with Gasteiger partial charge in [-0.1, -0.05) is 45.0 Å². The van der Waals surface area contributed by atoms with Gasteiger partial charge in [0.1, 0.15) is 5.00 Å². The van der Waals surface area contributed by atoms with E-state index < -0.39 is 0 Å². The first-order valence-electron chi connectivity index (χ1n) is 10.9. The van der Waals surface area contributed by atoms with Crippen LogP contribution in [0.3, 0.4) is 0 Å². The first kappa shape index (κ1) is 22.8. The van der Waals surface area contributed by atoms with Crippen LogP contribution in [0.1, 0.15) is 90.8 Å². The van der Waals surface area contributed by atoms with Crippen molar-refractivity contribution in [2.24, 2.45) is 0 Å². The summed E-state index contributed by atoms with van der Waals surface area (Å²) >= 11 is 7.27. The van der Waals surface area contributed by atoms with Crippen molar-refractivity contribution in [1.29, 1.82) is 0 Å². The van der Waals surface area contributed by atoms with E-state index in [9.17, 15) is 4.79 Å². The highest BCUT2D eigenvalue weighted by Gasteiger charge is 2.27. The van der Waals surface area contributed by atoms with E-state index in [0.29, 0.717) is 23.2 Å². The largest absolute Gasteiger partial charge is 0.462 e. The molecule has 2 aromatic rings. The Morgan fingerprint density at radius 3 is 2.43 bits per heavy atom. The van der Waals surface area contributed by atoms with Crippen LogP contribution in [0.15, 0.2) is 24.3 Å². The average molecular weight is 445 g/mol. The minimum Gasteiger partial charge on any atom is -0.462 e. The molecule has 30 heavy (non-hydrogen) atoms. The molecule has 2 N–H and O–H groups in total. The molecule has 1 aromatic carbocycles. The van der Waals surface area contributed by atoms with Crippen LogP contribution in [0.5, 0.6) is 0 Å². The highest BCUT2D eigenvalue weighted by Crippen LogP contribution is 2.38. The molecule has 4 nitrogen and oxygen atoms in total. The highest BCUT2D eigenvalue weighted by atomic mass is 32.1. The average Bonchev–Trinajstić information content (AvgIpc) is 3.10. The zero-order valence-electron chi connectivity index (χ0n) is 18.3. The van der Waals surface area contributed by atoms with Crippen LogP contribution in [0.4, 0.5) is 5.00 Å². The molecular formula is C24H32N2O2S2. The van der Waals surface area contributed by atoms with E-state index in [1.165, 1.54) is 22.4 Å². The molecule has 162 valence electrons. The van der Waals surface area contributed by atoms with Gasteiger partial charge in [-0.2, -0.15) is 0 Å². The van der Waals surface area contributed by atoms with Gasteiger partial charge in [-0.25, -0.2) is 4.79 Å². The summed E-state index contributed by atoms with van der Waals surface area (Å²) in [5, 5.41) is 8.09. The fourth-order valence-electron chi connectivity index (χ4n) is 3.90. The van der Waals surface area contributed by atoms with E-state index in [1.807, 2.05) is 6.92 Å². The molecule has 1 aromatic heterocycles. The van der Waals surface area contributed by atoms with E-state index in [4.69, 9.17) is 17.0 Å². The number of benzene rings is 1. The lowest BCUT2D eigenvalue weighted by molar-refractivity contribution is 0.0526. The number of aryl methyl sites for hydroxylation is 1. The number of fused-ring (bicyclic) bond motifs is 1. The van der Waals surface area contributed by atoms with Gasteiger partial charge < -0.3 is 15.4 Å². The van der Waals surface area contributed by atoms with Gasteiger partial charge in [0, 0.05) is 4.88 Å². The molecular weight excluding hydrogens is 412 g/mol. The summed E-state index contributed by atoms with van der Waals surface area (Å²) in [6, 6.07) is 8.84. The lowest BCUT2D eigenvalue weighted by Crippen LogP contribution is -2.32. The maximum atomic E-state index is 12.6. The van der Waals surface area contributed by atoms with Crippen LogP contribution in [0.2, 0.25) is 0 Å². The molecule has 1 aliphatic carbocycles. The van der Waals surface area contributed by atoms with Crippen LogP contribution in [-0.2, 0) is 17.6 Å². The van der Waals surface area contributed by atoms with Crippen molar-refractivity contribution in [3.05, 3.63) is 51.4 Å². The number of carbonyl (C=O) groups excluding carboxylic acids is 1. The predicted octanol–water partition coefficient (Wildman–Crippen LogP) is 6.36. The summed E-state index contributed by atoms with van der Waals surface area (Å²) in [6.07, 6.45) is 5.15. The Morgan fingerprint density at radius 1 is 1.13 bits per heavy atom. The Labute approximate surface area is 189 Å². The van der Waals surface area contributed by atoms with E-state index in [1.54, 1.807) is 11.3 Å². The first-order valence-corrected chi connectivity index (χ1v) is 12.2. The quantitative estimate of drug-likeness (QED) is 0.384. The van der Waals surface area contributed by atoms with Crippen LogP contribution in [-0.4, -0.2) is 17.7 Å². The normalized spacial score (nSPS) is 14.2. The van der Waals surface area contributed by atoms with Crippen LogP contribution in [0.25, 0.3) is 0 Å². The fourth-order valence-corrected chi connectivity index (χ4v) is 5.50. The van der Waals surface area contributed by atoms with Gasteiger partial charge in [-0.15, -0.1) is 11.3 Å². The number of ether oxygens (including phenoxy) is 1. The zero-order valence-corrected chi connectivity index (χ0v) is 20.0. The number of anilines is 1. The molecule has 0 spiro atoms. The molecule has 1 atom stereocenters. The Bertz CT molecular complexity index is 887. The molecule has 1 unspecified atom stereocenters. The van der Waals surface area contributed by atoms with Gasteiger partial charge in [0.05, 0.1) is 18.2 Å². The number of hydrogen-bond acceptors (Lipinski definition) is 4. The lowest BCUT2D eigenvalue weighted by Gasteiger charge is -2.20. The van der Waals surface area contributed by atoms with Crippen molar-refractivity contribution in [1.82, 2.24) is 5.32 Å². The number of thiocarbonyl (C=S) groups is 1. The molecule has 6 heteroatoms. The Morgan fingerprint density at radius 2 is 1.80 bits per heavy atom. The smallest absolute Gasteiger partial charge is 0.341 e. The summed E-state index contributed by atoms with van der Waals surface area (Å²) < 4.78 is 5.34. The second kappa shape index (κ2) is 10.4. The van der Waals surface area contributed by atoms with Gasteiger partial charge in [0.2, 0.25) is 0 Å². The third-order valence-corrected chi connectivity index (χ3v) is 7.02. The van der Waals surface area contributed by atoms with Crippen molar-refractivity contribution in [3.8, 4) is 0 Å². The SMILES string of the molecule is CCOC(=O)c1c(NC(=S)NC(CC)c2ccc(C(C)C)cc2)sc2c1CCCC2. The van der Waals surface area contributed by atoms with Crippen molar-refractivity contribution in [2.45, 2.75) is 71.8 Å². The number of hydrogen-bond donors (Lipinski definition) is 2. The second-order valence-corrected chi connectivity index (χ2v) is 9.53. The standard InChI is InChI=1S/C24H32N2O2S2/c1-5-19(17-13-11-16(12-14-17)15(3)4)25-24(29)26-22-21(23(27)28-6-2)18-9-7-8-10-20(18)30-22/h11-15,19H,5-10H2,1-4H3,(H2,25,26,29). The number of carbonyl (C=O) groups is 1. The summed E-state index contributed by atoms with van der Waals surface area (Å²) in [5.41, 5.74) is 4.36. The van der Waals surface area contributed by atoms with Gasteiger partial charge in [-0.05, 0) is 73.9 Å². The third kappa shape index (κ3) is 5.22. The van der Waals surface area contributed by atoms with Crippen LogP contribution < -0.4 is 10.6 Å². The third-order valence-electron chi connectivity index (χ3n) is 5.60. The number of rotatable bonds is 7. The molecule has 0 bridgehead atoms. The number of thiophene rings is 1. The minimum absolute atomic E-state index is 0.117. The lowest BCUT2D eigenvalue weighted by atomic mass is 9.95. The molecule has 1 aliphatic rings. The summed E-state index contributed by atoms with van der Waals surface area (Å²) in [5.74, 6) is 0.263. The predicted molar refractivity (Wildman–Crippen MR) is 130 cm³/mol. The first-order chi connectivity index (χ1) is 14.4. The van der Waals surface area contributed by atoms with E-state index >= 15 is 0 Å². The molecule has 0 amide bonds. The Kier molecular flexibility index (Phi) is 7.89. The maximum absolute atomic E-state index is 12.6. The van der Waals surface area contributed by atoms with Crippen molar-refractivity contribution >= 4 is 39.6 Å². The van der Waals surface area contributed by atoms with Gasteiger partial charge in [-0.3, -0.25) is 0 Å². The molecule has 0 fully saturated rings. The topological polar surface area (TPSA) is 50.4 Å². The molecule has 3 rings (SSSR count). The molecule has 0 radical (unpaired) electrons. The fraction of sp³-hybridized carbons (Fsp3) is 0.500. The minimum atomic E-state index is -0.251. The Hall–Kier alpha value is -1.92. The van der Waals surface area contributed by atoms with Crippen molar-refractivity contribution < 1.29 is 9.53 Å².